The Hall–Kier alpha value is -1.74. The number of thiophene rings is 1. The second kappa shape index (κ2) is 7.50. The monoisotopic (exact) mass is 340 g/mol. The Morgan fingerprint density at radius 2 is 2.09 bits per heavy atom. The van der Waals surface area contributed by atoms with Gasteiger partial charge in [0.05, 0.1) is 11.5 Å². The van der Waals surface area contributed by atoms with E-state index >= 15 is 0 Å². The molecule has 2 N–H and O–H groups in total. The highest BCUT2D eigenvalue weighted by molar-refractivity contribution is 7.89. The molecule has 118 valence electrons. The lowest BCUT2D eigenvalue weighted by Crippen LogP contribution is -2.25. The van der Waals surface area contributed by atoms with Gasteiger partial charge in [-0.25, -0.2) is 18.6 Å². The summed E-state index contributed by atoms with van der Waals surface area (Å²) in [6.45, 7) is 2.27. The van der Waals surface area contributed by atoms with Gasteiger partial charge in [-0.15, -0.1) is 11.3 Å². The molecular weight excluding hydrogens is 324 g/mol. The molecule has 22 heavy (non-hydrogen) atoms. The lowest BCUT2D eigenvalue weighted by molar-refractivity contribution is 0.0364. The molecular formula is C14H16N2O4S2. The van der Waals surface area contributed by atoms with Crippen molar-refractivity contribution in [2.24, 2.45) is 0 Å². The molecule has 0 fully saturated rings. The van der Waals surface area contributed by atoms with Crippen molar-refractivity contribution in [3.05, 3.63) is 52.2 Å². The maximum Gasteiger partial charge on any atom is 0.274 e. The van der Waals surface area contributed by atoms with Crippen molar-refractivity contribution >= 4 is 27.3 Å². The smallest absolute Gasteiger partial charge is 0.274 e. The number of nitrogens with one attached hydrogen (secondary N) is 2. The third-order valence-corrected chi connectivity index (χ3v) is 5.01. The number of hydrogen-bond acceptors (Lipinski definition) is 5. The average Bonchev–Trinajstić information content (AvgIpc) is 3.04. The number of benzene rings is 1. The summed E-state index contributed by atoms with van der Waals surface area (Å²) < 4.78 is 27.0. The zero-order valence-corrected chi connectivity index (χ0v) is 13.5. The summed E-state index contributed by atoms with van der Waals surface area (Å²) in [5, 5.41) is 1.88. The van der Waals surface area contributed by atoms with Gasteiger partial charge in [0.2, 0.25) is 10.0 Å². The molecule has 0 saturated carbocycles. The first-order valence-corrected chi connectivity index (χ1v) is 8.93. The van der Waals surface area contributed by atoms with Crippen molar-refractivity contribution in [1.82, 2.24) is 10.2 Å². The summed E-state index contributed by atoms with van der Waals surface area (Å²) in [5.74, 6) is -0.489. The largest absolute Gasteiger partial charge is 0.274 e. The summed E-state index contributed by atoms with van der Waals surface area (Å²) in [5.41, 5.74) is 2.44. The summed E-state index contributed by atoms with van der Waals surface area (Å²) in [6.07, 6.45) is 0. The van der Waals surface area contributed by atoms with Crippen LogP contribution in [0.1, 0.15) is 22.2 Å². The summed E-state index contributed by atoms with van der Waals surface area (Å²) in [4.78, 5) is 17.5. The Morgan fingerprint density at radius 3 is 2.77 bits per heavy atom. The minimum atomic E-state index is -3.68. The van der Waals surface area contributed by atoms with Crippen LogP contribution in [0.5, 0.6) is 0 Å². The van der Waals surface area contributed by atoms with E-state index in [-0.39, 0.29) is 17.0 Å². The highest BCUT2D eigenvalue weighted by Gasteiger charge is 2.16. The first kappa shape index (κ1) is 16.6. The van der Waals surface area contributed by atoms with Crippen LogP contribution >= 0.6 is 11.3 Å². The molecule has 2 aromatic rings. The van der Waals surface area contributed by atoms with Crippen LogP contribution in [-0.2, 0) is 21.4 Å². The van der Waals surface area contributed by atoms with E-state index in [1.54, 1.807) is 6.92 Å². The van der Waals surface area contributed by atoms with Gasteiger partial charge in [-0.2, -0.15) is 0 Å². The standard InChI is InChI=1S/C14H16N2O4S2/c1-2-20-16-14(17)11-5-3-7-13(9-11)22(18,19)15-10-12-6-4-8-21-12/h3-9,15H,2,10H2,1H3,(H,16,17). The molecule has 0 atom stereocenters. The number of carbonyl (C=O) groups excluding carboxylic acids is 1. The number of carbonyl (C=O) groups is 1. The van der Waals surface area contributed by atoms with Gasteiger partial charge in [0, 0.05) is 17.0 Å². The fourth-order valence-corrected chi connectivity index (χ4v) is 3.45. The van der Waals surface area contributed by atoms with Crippen LogP contribution in [0, 0.1) is 0 Å². The molecule has 0 spiro atoms. The number of hydrogen-bond donors (Lipinski definition) is 2. The predicted molar refractivity (Wildman–Crippen MR) is 83.9 cm³/mol. The van der Waals surface area contributed by atoms with Crippen molar-refractivity contribution in [1.29, 1.82) is 0 Å². The second-order valence-corrected chi connectivity index (χ2v) is 7.10. The van der Waals surface area contributed by atoms with Crippen LogP contribution < -0.4 is 10.2 Å². The van der Waals surface area contributed by atoms with E-state index in [1.165, 1.54) is 35.6 Å². The highest BCUT2D eigenvalue weighted by Crippen LogP contribution is 2.14. The van der Waals surface area contributed by atoms with Crippen LogP contribution in [0.15, 0.2) is 46.7 Å². The van der Waals surface area contributed by atoms with Crippen molar-refractivity contribution < 1.29 is 18.0 Å². The summed E-state index contributed by atoms with van der Waals surface area (Å²) >= 11 is 1.47. The van der Waals surface area contributed by atoms with E-state index in [4.69, 9.17) is 4.84 Å². The normalized spacial score (nSPS) is 11.3. The Labute approximate surface area is 133 Å². The molecule has 0 unspecified atom stereocenters. The van der Waals surface area contributed by atoms with Gasteiger partial charge in [-0.1, -0.05) is 12.1 Å². The van der Waals surface area contributed by atoms with Crippen LogP contribution in [-0.4, -0.2) is 20.9 Å². The third kappa shape index (κ3) is 4.38. The maximum absolute atomic E-state index is 12.2. The van der Waals surface area contributed by atoms with Gasteiger partial charge in [0.15, 0.2) is 0 Å². The van der Waals surface area contributed by atoms with E-state index in [1.807, 2.05) is 17.5 Å². The van der Waals surface area contributed by atoms with E-state index in [9.17, 15) is 13.2 Å². The van der Waals surface area contributed by atoms with Gasteiger partial charge in [0.1, 0.15) is 0 Å². The molecule has 1 aromatic heterocycles. The van der Waals surface area contributed by atoms with Gasteiger partial charge in [-0.05, 0) is 36.6 Å². The van der Waals surface area contributed by atoms with E-state index in [0.717, 1.165) is 4.88 Å². The molecule has 1 heterocycles. The molecule has 0 aliphatic rings. The average molecular weight is 340 g/mol. The fraction of sp³-hybridized carbons (Fsp3) is 0.214. The highest BCUT2D eigenvalue weighted by atomic mass is 32.2. The van der Waals surface area contributed by atoms with Crippen LogP contribution in [0.4, 0.5) is 0 Å². The lowest BCUT2D eigenvalue weighted by atomic mass is 10.2. The first-order chi connectivity index (χ1) is 10.5. The fourth-order valence-electron chi connectivity index (χ4n) is 1.66. The minimum Gasteiger partial charge on any atom is -0.274 e. The quantitative estimate of drug-likeness (QED) is 0.754. The molecule has 0 bridgehead atoms. The molecule has 1 aromatic carbocycles. The van der Waals surface area contributed by atoms with Crippen molar-refractivity contribution in [2.45, 2.75) is 18.4 Å². The van der Waals surface area contributed by atoms with Crippen LogP contribution in [0.2, 0.25) is 0 Å². The molecule has 0 saturated heterocycles. The van der Waals surface area contributed by atoms with Crippen molar-refractivity contribution in [3.8, 4) is 0 Å². The van der Waals surface area contributed by atoms with Gasteiger partial charge >= 0.3 is 0 Å². The lowest BCUT2D eigenvalue weighted by Gasteiger charge is -2.08. The molecule has 0 radical (unpaired) electrons. The number of amides is 1. The van der Waals surface area contributed by atoms with E-state index in [0.29, 0.717) is 6.61 Å². The first-order valence-electron chi connectivity index (χ1n) is 6.57. The van der Waals surface area contributed by atoms with Gasteiger partial charge < -0.3 is 0 Å². The molecule has 2 rings (SSSR count). The zero-order chi connectivity index (χ0) is 16.0. The number of rotatable bonds is 7. The zero-order valence-electron chi connectivity index (χ0n) is 11.9. The second-order valence-electron chi connectivity index (χ2n) is 4.30. The van der Waals surface area contributed by atoms with Crippen molar-refractivity contribution in [3.63, 3.8) is 0 Å². The molecule has 1 amide bonds. The van der Waals surface area contributed by atoms with Crippen LogP contribution in [0.25, 0.3) is 0 Å². The Bertz CT molecular complexity index is 727. The number of sulfonamides is 1. The van der Waals surface area contributed by atoms with E-state index in [2.05, 4.69) is 10.2 Å². The molecule has 6 nitrogen and oxygen atoms in total. The SMILES string of the molecule is CCONC(=O)c1cccc(S(=O)(=O)NCc2cccs2)c1. The van der Waals surface area contributed by atoms with Gasteiger partial charge in [-0.3, -0.25) is 9.63 Å². The van der Waals surface area contributed by atoms with E-state index < -0.39 is 15.9 Å². The third-order valence-electron chi connectivity index (χ3n) is 2.73. The molecule has 0 aliphatic carbocycles. The summed E-state index contributed by atoms with van der Waals surface area (Å²) in [7, 11) is -3.68. The summed E-state index contributed by atoms with van der Waals surface area (Å²) in [6, 6.07) is 9.48. The van der Waals surface area contributed by atoms with Gasteiger partial charge in [0.25, 0.3) is 5.91 Å². The Morgan fingerprint density at radius 1 is 1.27 bits per heavy atom. The predicted octanol–water partition coefficient (Wildman–Crippen LogP) is 1.91. The maximum atomic E-state index is 12.2. The number of hydroxylamine groups is 1. The van der Waals surface area contributed by atoms with Crippen molar-refractivity contribution in [2.75, 3.05) is 6.61 Å². The molecule has 8 heteroatoms. The minimum absolute atomic E-state index is 0.0354. The molecule has 0 aliphatic heterocycles. The van der Waals surface area contributed by atoms with Crippen LogP contribution in [0.3, 0.4) is 0 Å². The topological polar surface area (TPSA) is 84.5 Å². The Kier molecular flexibility index (Phi) is 5.67. The Balaban J connectivity index is 2.11.